The molecule has 18 heavy (non-hydrogen) atoms. The van der Waals surface area contributed by atoms with Gasteiger partial charge in [0.15, 0.2) is 5.76 Å². The first kappa shape index (κ1) is 11.0. The third-order valence-corrected chi connectivity index (χ3v) is 3.09. The molecule has 0 aliphatic heterocycles. The number of aromatic nitrogens is 2. The van der Waals surface area contributed by atoms with E-state index in [-0.39, 0.29) is 0 Å². The quantitative estimate of drug-likeness (QED) is 0.766. The second-order valence-electron chi connectivity index (χ2n) is 4.44. The first-order chi connectivity index (χ1) is 8.78. The maximum Gasteiger partial charge on any atom is 0.156 e. The lowest BCUT2D eigenvalue weighted by Gasteiger charge is -2.01. The molecular weight excluding hydrogens is 226 g/mol. The Morgan fingerprint density at radius 1 is 1.33 bits per heavy atom. The lowest BCUT2D eigenvalue weighted by molar-refractivity contribution is 0.374. The van der Waals surface area contributed by atoms with Crippen LogP contribution < -0.4 is 5.73 Å². The lowest BCUT2D eigenvalue weighted by Crippen LogP contribution is -1.97. The zero-order valence-corrected chi connectivity index (χ0v) is 10.3. The van der Waals surface area contributed by atoms with Gasteiger partial charge in [0, 0.05) is 29.7 Å². The zero-order chi connectivity index (χ0) is 12.5. The van der Waals surface area contributed by atoms with Crippen LogP contribution in [0.15, 0.2) is 41.1 Å². The van der Waals surface area contributed by atoms with Gasteiger partial charge in [-0.1, -0.05) is 23.4 Å². The molecule has 3 rings (SSSR count). The molecule has 2 aromatic heterocycles. The number of rotatable bonds is 3. The summed E-state index contributed by atoms with van der Waals surface area (Å²) in [6.45, 7) is 3.15. The molecule has 92 valence electrons. The van der Waals surface area contributed by atoms with Crippen molar-refractivity contribution >= 4 is 10.9 Å². The van der Waals surface area contributed by atoms with Gasteiger partial charge >= 0.3 is 0 Å². The van der Waals surface area contributed by atoms with Crippen LogP contribution in [0.3, 0.4) is 0 Å². The number of benzene rings is 1. The van der Waals surface area contributed by atoms with Gasteiger partial charge in [0.25, 0.3) is 0 Å². The number of nitrogens with two attached hydrogens (primary N) is 1. The summed E-state index contributed by atoms with van der Waals surface area (Å²) in [5.74, 6) is 0.858. The van der Waals surface area contributed by atoms with E-state index in [0.717, 1.165) is 17.0 Å². The monoisotopic (exact) mass is 241 g/mol. The molecular formula is C14H15N3O. The Balaban J connectivity index is 2.06. The Morgan fingerprint density at radius 3 is 2.89 bits per heavy atom. The zero-order valence-electron chi connectivity index (χ0n) is 10.3. The van der Waals surface area contributed by atoms with Gasteiger partial charge in [-0.15, -0.1) is 0 Å². The molecule has 0 atom stereocenters. The van der Waals surface area contributed by atoms with Crippen molar-refractivity contribution in [2.75, 3.05) is 0 Å². The smallest absolute Gasteiger partial charge is 0.156 e. The van der Waals surface area contributed by atoms with E-state index in [1.54, 1.807) is 0 Å². The summed E-state index contributed by atoms with van der Waals surface area (Å²) in [6.07, 6.45) is 2.09. The maximum atomic E-state index is 5.78. The van der Waals surface area contributed by atoms with Gasteiger partial charge in [-0.2, -0.15) is 0 Å². The van der Waals surface area contributed by atoms with Gasteiger partial charge < -0.3 is 14.8 Å². The average molecular weight is 241 g/mol. The van der Waals surface area contributed by atoms with Crippen LogP contribution in [-0.4, -0.2) is 9.72 Å². The first-order valence-corrected chi connectivity index (χ1v) is 5.97. The van der Waals surface area contributed by atoms with Crippen LogP contribution in [0.5, 0.6) is 0 Å². The molecule has 0 unspecified atom stereocenters. The van der Waals surface area contributed by atoms with Crippen molar-refractivity contribution < 1.29 is 4.52 Å². The van der Waals surface area contributed by atoms with Crippen LogP contribution in [0.1, 0.15) is 17.0 Å². The highest BCUT2D eigenvalue weighted by Crippen LogP contribution is 2.22. The van der Waals surface area contributed by atoms with Gasteiger partial charge in [-0.25, -0.2) is 0 Å². The van der Waals surface area contributed by atoms with Gasteiger partial charge in [0.1, 0.15) is 0 Å². The van der Waals surface area contributed by atoms with Crippen molar-refractivity contribution in [3.05, 3.63) is 53.5 Å². The minimum atomic E-state index is 0.545. The molecule has 0 saturated carbocycles. The highest BCUT2D eigenvalue weighted by molar-refractivity contribution is 5.84. The van der Waals surface area contributed by atoms with E-state index in [1.807, 2.05) is 25.1 Å². The SMILES string of the molecule is Cc1cc(Cn2cc(CN)c3ccccc32)on1. The molecule has 0 spiro atoms. The van der Waals surface area contributed by atoms with E-state index in [9.17, 15) is 0 Å². The van der Waals surface area contributed by atoms with E-state index in [0.29, 0.717) is 13.1 Å². The van der Waals surface area contributed by atoms with Crippen LogP contribution >= 0.6 is 0 Å². The van der Waals surface area contributed by atoms with Gasteiger partial charge in [0.05, 0.1) is 12.2 Å². The minimum absolute atomic E-state index is 0.545. The topological polar surface area (TPSA) is 57.0 Å². The molecule has 0 bridgehead atoms. The largest absolute Gasteiger partial charge is 0.359 e. The molecule has 2 heterocycles. The average Bonchev–Trinajstić information content (AvgIpc) is 2.95. The fourth-order valence-electron chi connectivity index (χ4n) is 2.28. The number of hydrogen-bond donors (Lipinski definition) is 1. The molecule has 0 saturated heterocycles. The summed E-state index contributed by atoms with van der Waals surface area (Å²) in [6, 6.07) is 10.2. The molecule has 0 aliphatic carbocycles. The third kappa shape index (κ3) is 1.80. The van der Waals surface area contributed by atoms with Crippen LogP contribution in [0.2, 0.25) is 0 Å². The molecule has 3 aromatic rings. The summed E-state index contributed by atoms with van der Waals surface area (Å²) in [7, 11) is 0. The Morgan fingerprint density at radius 2 is 2.17 bits per heavy atom. The normalized spacial score (nSPS) is 11.2. The molecule has 0 amide bonds. The van der Waals surface area contributed by atoms with Crippen LogP contribution in [0, 0.1) is 6.92 Å². The molecule has 0 fully saturated rings. The lowest BCUT2D eigenvalue weighted by atomic mass is 10.2. The molecule has 0 aliphatic rings. The van der Waals surface area contributed by atoms with E-state index >= 15 is 0 Å². The molecule has 4 nitrogen and oxygen atoms in total. The predicted octanol–water partition coefficient (Wildman–Crippen LogP) is 2.44. The predicted molar refractivity (Wildman–Crippen MR) is 70.2 cm³/mol. The van der Waals surface area contributed by atoms with Crippen molar-refractivity contribution in [3.63, 3.8) is 0 Å². The molecule has 2 N–H and O–H groups in total. The number of para-hydroxylation sites is 1. The highest BCUT2D eigenvalue weighted by atomic mass is 16.5. The summed E-state index contributed by atoms with van der Waals surface area (Å²) < 4.78 is 7.41. The summed E-state index contributed by atoms with van der Waals surface area (Å²) in [4.78, 5) is 0. The van der Waals surface area contributed by atoms with Crippen molar-refractivity contribution in [2.45, 2.75) is 20.0 Å². The van der Waals surface area contributed by atoms with Crippen LogP contribution in [0.25, 0.3) is 10.9 Å². The number of hydrogen-bond acceptors (Lipinski definition) is 3. The van der Waals surface area contributed by atoms with Crippen molar-refractivity contribution in [1.29, 1.82) is 0 Å². The minimum Gasteiger partial charge on any atom is -0.359 e. The second-order valence-corrected chi connectivity index (χ2v) is 4.44. The third-order valence-electron chi connectivity index (χ3n) is 3.09. The van der Waals surface area contributed by atoms with Gasteiger partial charge in [-0.05, 0) is 18.6 Å². The standard InChI is InChI=1S/C14H15N3O/c1-10-6-12(18-16-10)9-17-8-11(7-15)13-4-2-3-5-14(13)17/h2-6,8H,7,9,15H2,1H3. The molecule has 1 aromatic carbocycles. The molecule has 4 heteroatoms. The highest BCUT2D eigenvalue weighted by Gasteiger charge is 2.09. The number of nitrogens with zero attached hydrogens (tertiary/aromatic N) is 2. The summed E-state index contributed by atoms with van der Waals surface area (Å²) in [5.41, 5.74) is 9.01. The van der Waals surface area contributed by atoms with Crippen LogP contribution in [0.4, 0.5) is 0 Å². The number of aryl methyl sites for hydroxylation is 1. The van der Waals surface area contributed by atoms with Crippen LogP contribution in [-0.2, 0) is 13.1 Å². The molecule has 0 radical (unpaired) electrons. The van der Waals surface area contributed by atoms with Gasteiger partial charge in [-0.3, -0.25) is 0 Å². The van der Waals surface area contributed by atoms with Crippen molar-refractivity contribution in [1.82, 2.24) is 9.72 Å². The fraction of sp³-hybridized carbons (Fsp3) is 0.214. The van der Waals surface area contributed by atoms with E-state index in [1.165, 1.54) is 10.9 Å². The Labute approximate surface area is 105 Å². The fourth-order valence-corrected chi connectivity index (χ4v) is 2.28. The Bertz CT molecular complexity index is 681. The van der Waals surface area contributed by atoms with E-state index < -0.39 is 0 Å². The summed E-state index contributed by atoms with van der Waals surface area (Å²) in [5, 5.41) is 5.11. The number of fused-ring (bicyclic) bond motifs is 1. The van der Waals surface area contributed by atoms with Crippen molar-refractivity contribution in [2.24, 2.45) is 5.73 Å². The van der Waals surface area contributed by atoms with Gasteiger partial charge in [0.2, 0.25) is 0 Å². The van der Waals surface area contributed by atoms with E-state index in [4.69, 9.17) is 10.3 Å². The first-order valence-electron chi connectivity index (χ1n) is 5.97. The maximum absolute atomic E-state index is 5.78. The Hall–Kier alpha value is -2.07. The second kappa shape index (κ2) is 4.31. The van der Waals surface area contributed by atoms with E-state index in [2.05, 4.69) is 28.1 Å². The van der Waals surface area contributed by atoms with Crippen molar-refractivity contribution in [3.8, 4) is 0 Å². The summed E-state index contributed by atoms with van der Waals surface area (Å²) >= 11 is 0. The Kier molecular flexibility index (Phi) is 2.64.